The van der Waals surface area contributed by atoms with Gasteiger partial charge >= 0.3 is 11.7 Å². The number of benzene rings is 2. The van der Waals surface area contributed by atoms with Crippen LogP contribution in [0.2, 0.25) is 0 Å². The van der Waals surface area contributed by atoms with Gasteiger partial charge in [0.1, 0.15) is 5.58 Å². The average molecular weight is 404 g/mol. The standard InChI is InChI=1S/C23H24N4O3/c1-23(2)9-10-27(3)19-13-20-15(12-18(19)23)11-16(21(28)30-20)14-24-26-22(29)25-17-7-5-4-6-8-17/h4-8,11-14H,9-10H2,1-3H3,(H2,25,26,29)/b24-14+. The van der Waals surface area contributed by atoms with Gasteiger partial charge in [-0.2, -0.15) is 5.10 Å². The highest BCUT2D eigenvalue weighted by atomic mass is 16.4. The number of para-hydroxylation sites is 1. The molecule has 7 nitrogen and oxygen atoms in total. The van der Waals surface area contributed by atoms with Crippen molar-refractivity contribution in [1.29, 1.82) is 0 Å². The first-order valence-corrected chi connectivity index (χ1v) is 9.82. The van der Waals surface area contributed by atoms with Gasteiger partial charge in [-0.05, 0) is 41.7 Å². The Balaban J connectivity index is 1.58. The highest BCUT2D eigenvalue weighted by Gasteiger charge is 2.30. The van der Waals surface area contributed by atoms with Crippen LogP contribution in [-0.2, 0) is 5.41 Å². The Hall–Kier alpha value is -3.61. The number of urea groups is 1. The number of rotatable bonds is 3. The van der Waals surface area contributed by atoms with Crippen molar-refractivity contribution in [3.63, 3.8) is 0 Å². The summed E-state index contributed by atoms with van der Waals surface area (Å²) in [5, 5.41) is 7.35. The molecule has 0 spiro atoms. The number of hydrazone groups is 1. The molecule has 154 valence electrons. The first-order valence-electron chi connectivity index (χ1n) is 9.82. The van der Waals surface area contributed by atoms with Gasteiger partial charge in [0.05, 0.1) is 11.8 Å². The predicted molar refractivity (Wildman–Crippen MR) is 120 cm³/mol. The van der Waals surface area contributed by atoms with Crippen molar-refractivity contribution in [2.75, 3.05) is 23.8 Å². The molecular formula is C23H24N4O3. The summed E-state index contributed by atoms with van der Waals surface area (Å²) in [5.41, 5.74) is 5.65. The van der Waals surface area contributed by atoms with Crippen molar-refractivity contribution < 1.29 is 9.21 Å². The number of nitrogens with one attached hydrogen (secondary N) is 2. The second-order valence-corrected chi connectivity index (χ2v) is 8.14. The molecule has 0 aliphatic carbocycles. The minimum absolute atomic E-state index is 0.0392. The van der Waals surface area contributed by atoms with Gasteiger partial charge in [0.15, 0.2) is 0 Å². The van der Waals surface area contributed by atoms with Crippen LogP contribution in [0.3, 0.4) is 0 Å². The van der Waals surface area contributed by atoms with Gasteiger partial charge in [0.25, 0.3) is 0 Å². The van der Waals surface area contributed by atoms with E-state index in [0.717, 1.165) is 24.0 Å². The first-order chi connectivity index (χ1) is 14.3. The fraction of sp³-hybridized carbons (Fsp3) is 0.261. The third kappa shape index (κ3) is 3.91. The zero-order valence-electron chi connectivity index (χ0n) is 17.2. The summed E-state index contributed by atoms with van der Waals surface area (Å²) in [6.45, 7) is 5.40. The van der Waals surface area contributed by atoms with E-state index < -0.39 is 11.7 Å². The van der Waals surface area contributed by atoms with Crippen molar-refractivity contribution in [2.24, 2.45) is 5.10 Å². The summed E-state index contributed by atoms with van der Waals surface area (Å²) in [7, 11) is 2.05. The molecular weight excluding hydrogens is 380 g/mol. The Morgan fingerprint density at radius 3 is 2.73 bits per heavy atom. The van der Waals surface area contributed by atoms with Crippen LogP contribution in [0.5, 0.6) is 0 Å². The highest BCUT2D eigenvalue weighted by molar-refractivity contribution is 5.92. The lowest BCUT2D eigenvalue weighted by Crippen LogP contribution is -2.34. The molecule has 0 saturated heterocycles. The summed E-state index contributed by atoms with van der Waals surface area (Å²) >= 11 is 0. The van der Waals surface area contributed by atoms with E-state index >= 15 is 0 Å². The normalized spacial score (nSPS) is 15.2. The van der Waals surface area contributed by atoms with Gasteiger partial charge in [-0.25, -0.2) is 15.0 Å². The lowest BCUT2D eigenvalue weighted by molar-refractivity contribution is 0.252. The Labute approximate surface area is 174 Å². The number of hydrogen-bond donors (Lipinski definition) is 2. The minimum atomic E-state index is -0.505. The summed E-state index contributed by atoms with van der Waals surface area (Å²) in [5.74, 6) is 0. The number of fused-ring (bicyclic) bond motifs is 2. The number of amides is 2. The molecule has 2 N–H and O–H groups in total. The molecule has 1 aliphatic heterocycles. The zero-order chi connectivity index (χ0) is 21.3. The van der Waals surface area contributed by atoms with Crippen LogP contribution < -0.4 is 21.3 Å². The van der Waals surface area contributed by atoms with E-state index in [0.29, 0.717) is 11.3 Å². The molecule has 2 amide bonds. The maximum Gasteiger partial charge on any atom is 0.345 e. The molecule has 7 heteroatoms. The maximum absolute atomic E-state index is 12.4. The Kier molecular flexibility index (Phi) is 5.03. The molecule has 4 rings (SSSR count). The number of nitrogens with zero attached hydrogens (tertiary/aromatic N) is 2. The summed E-state index contributed by atoms with van der Waals surface area (Å²) < 4.78 is 5.53. The van der Waals surface area contributed by atoms with E-state index in [1.807, 2.05) is 31.3 Å². The van der Waals surface area contributed by atoms with Gasteiger partial charge in [-0.3, -0.25) is 0 Å². The van der Waals surface area contributed by atoms with Crippen LogP contribution in [0, 0.1) is 0 Å². The quantitative estimate of drug-likeness (QED) is 0.391. The van der Waals surface area contributed by atoms with E-state index in [2.05, 4.69) is 40.7 Å². The summed E-state index contributed by atoms with van der Waals surface area (Å²) in [6.07, 6.45) is 2.35. The topological polar surface area (TPSA) is 86.9 Å². The van der Waals surface area contributed by atoms with Crippen molar-refractivity contribution >= 4 is 34.6 Å². The number of anilines is 2. The maximum atomic E-state index is 12.4. The van der Waals surface area contributed by atoms with Gasteiger partial charge in [-0.15, -0.1) is 0 Å². The lowest BCUT2D eigenvalue weighted by atomic mass is 9.77. The summed E-state index contributed by atoms with van der Waals surface area (Å²) in [4.78, 5) is 26.5. The Morgan fingerprint density at radius 1 is 1.20 bits per heavy atom. The van der Waals surface area contributed by atoms with Gasteiger partial charge in [0, 0.05) is 36.4 Å². The van der Waals surface area contributed by atoms with Crippen LogP contribution >= 0.6 is 0 Å². The van der Waals surface area contributed by atoms with Gasteiger partial charge < -0.3 is 14.6 Å². The lowest BCUT2D eigenvalue weighted by Gasteiger charge is -2.38. The SMILES string of the molecule is CN1CCC(C)(C)c2cc3cc(/C=N/NC(=O)Nc4ccccc4)c(=O)oc3cc21. The zero-order valence-corrected chi connectivity index (χ0v) is 17.2. The Morgan fingerprint density at radius 2 is 1.97 bits per heavy atom. The van der Waals surface area contributed by atoms with Gasteiger partial charge in [0.2, 0.25) is 0 Å². The molecule has 2 aromatic carbocycles. The molecule has 0 saturated carbocycles. The Bertz CT molecular complexity index is 1180. The molecule has 1 aromatic heterocycles. The third-order valence-corrected chi connectivity index (χ3v) is 5.49. The van der Waals surface area contributed by atoms with E-state index in [9.17, 15) is 9.59 Å². The van der Waals surface area contributed by atoms with Crippen LogP contribution in [0.15, 0.2) is 62.8 Å². The highest BCUT2D eigenvalue weighted by Crippen LogP contribution is 2.40. The molecule has 3 aromatic rings. The fourth-order valence-electron chi connectivity index (χ4n) is 3.66. The largest absolute Gasteiger partial charge is 0.422 e. The van der Waals surface area contributed by atoms with Crippen molar-refractivity contribution in [2.45, 2.75) is 25.7 Å². The number of carbonyl (C=O) groups excluding carboxylic acids is 1. The van der Waals surface area contributed by atoms with Crippen LogP contribution in [0.4, 0.5) is 16.2 Å². The molecule has 0 fully saturated rings. The molecule has 2 heterocycles. The third-order valence-electron chi connectivity index (χ3n) is 5.49. The molecule has 0 radical (unpaired) electrons. The van der Waals surface area contributed by atoms with Crippen molar-refractivity contribution in [3.8, 4) is 0 Å². The fourth-order valence-corrected chi connectivity index (χ4v) is 3.66. The second kappa shape index (κ2) is 7.67. The van der Waals surface area contributed by atoms with Crippen molar-refractivity contribution in [3.05, 3.63) is 70.1 Å². The molecule has 30 heavy (non-hydrogen) atoms. The number of carbonyl (C=O) groups is 1. The summed E-state index contributed by atoms with van der Waals surface area (Å²) in [6, 6.07) is 14.3. The monoisotopic (exact) mass is 404 g/mol. The van der Waals surface area contributed by atoms with Crippen molar-refractivity contribution in [1.82, 2.24) is 5.43 Å². The van der Waals surface area contributed by atoms with E-state index in [4.69, 9.17) is 4.42 Å². The number of hydrogen-bond acceptors (Lipinski definition) is 5. The van der Waals surface area contributed by atoms with Crippen LogP contribution in [0.25, 0.3) is 11.0 Å². The van der Waals surface area contributed by atoms with Crippen LogP contribution in [-0.4, -0.2) is 25.8 Å². The smallest absolute Gasteiger partial charge is 0.345 e. The van der Waals surface area contributed by atoms with Crippen LogP contribution in [0.1, 0.15) is 31.4 Å². The predicted octanol–water partition coefficient (Wildman–Crippen LogP) is 4.07. The molecule has 1 aliphatic rings. The second-order valence-electron chi connectivity index (χ2n) is 8.14. The van der Waals surface area contributed by atoms with E-state index in [-0.39, 0.29) is 11.0 Å². The molecule has 0 unspecified atom stereocenters. The molecule has 0 bridgehead atoms. The molecule has 0 atom stereocenters. The van der Waals surface area contributed by atoms with E-state index in [1.165, 1.54) is 11.8 Å². The van der Waals surface area contributed by atoms with E-state index in [1.54, 1.807) is 18.2 Å². The minimum Gasteiger partial charge on any atom is -0.422 e. The first kappa shape index (κ1) is 19.7. The average Bonchev–Trinajstić information content (AvgIpc) is 2.71. The van der Waals surface area contributed by atoms with Gasteiger partial charge in [-0.1, -0.05) is 32.0 Å².